The number of fused-ring (bicyclic) bond motifs is 1. The van der Waals surface area contributed by atoms with E-state index in [4.69, 9.17) is 4.74 Å². The molecule has 1 fully saturated rings. The van der Waals surface area contributed by atoms with E-state index >= 15 is 0 Å². The first-order chi connectivity index (χ1) is 14.2. The third-order valence-electron chi connectivity index (χ3n) is 5.94. The second-order valence-corrected chi connectivity index (χ2v) is 7.98. The van der Waals surface area contributed by atoms with Crippen molar-refractivity contribution < 1.29 is 9.53 Å². The lowest BCUT2D eigenvalue weighted by atomic mass is 9.90. The number of benzene rings is 3. The molecule has 0 saturated carbocycles. The number of piperidine rings is 1. The number of rotatable bonds is 6. The smallest absolute Gasteiger partial charge is 0.263 e. The molecular formula is C26H29NO2. The molecule has 0 spiro atoms. The second-order valence-electron chi connectivity index (χ2n) is 7.98. The molecule has 1 atom stereocenters. The maximum Gasteiger partial charge on any atom is 0.263 e. The molecule has 0 bridgehead atoms. The molecule has 1 unspecified atom stereocenters. The van der Waals surface area contributed by atoms with Crippen molar-refractivity contribution in [2.45, 2.75) is 38.7 Å². The molecule has 1 heterocycles. The van der Waals surface area contributed by atoms with Crippen LogP contribution in [0.2, 0.25) is 0 Å². The Morgan fingerprint density at radius 1 is 0.966 bits per heavy atom. The number of hydrogen-bond donors (Lipinski definition) is 0. The van der Waals surface area contributed by atoms with Crippen molar-refractivity contribution in [1.29, 1.82) is 0 Å². The summed E-state index contributed by atoms with van der Waals surface area (Å²) in [4.78, 5) is 15.1. The minimum Gasteiger partial charge on any atom is -0.481 e. The molecule has 0 N–H and O–H groups in total. The number of hydrogen-bond acceptors (Lipinski definition) is 2. The normalized spacial score (nSPS) is 16.0. The Bertz CT molecular complexity index is 945. The van der Waals surface area contributed by atoms with Crippen LogP contribution < -0.4 is 4.74 Å². The highest BCUT2D eigenvalue weighted by Crippen LogP contribution is 2.25. The van der Waals surface area contributed by atoms with Crippen molar-refractivity contribution in [3.63, 3.8) is 0 Å². The number of amides is 1. The van der Waals surface area contributed by atoms with Crippen LogP contribution in [0.3, 0.4) is 0 Å². The Morgan fingerprint density at radius 3 is 2.38 bits per heavy atom. The molecule has 0 radical (unpaired) electrons. The van der Waals surface area contributed by atoms with Gasteiger partial charge in [-0.15, -0.1) is 0 Å². The minimum absolute atomic E-state index is 0.124. The summed E-state index contributed by atoms with van der Waals surface area (Å²) in [7, 11) is 0. The lowest BCUT2D eigenvalue weighted by Gasteiger charge is -2.34. The van der Waals surface area contributed by atoms with E-state index in [9.17, 15) is 4.79 Å². The summed E-state index contributed by atoms with van der Waals surface area (Å²) in [6.45, 7) is 3.67. The van der Waals surface area contributed by atoms with Gasteiger partial charge in [0, 0.05) is 13.1 Å². The Morgan fingerprint density at radius 2 is 1.66 bits per heavy atom. The second kappa shape index (κ2) is 9.13. The van der Waals surface area contributed by atoms with Gasteiger partial charge in [0.15, 0.2) is 6.10 Å². The first-order valence-corrected chi connectivity index (χ1v) is 10.7. The fraction of sp³-hybridized carbons (Fsp3) is 0.346. The molecule has 3 aromatic carbocycles. The lowest BCUT2D eigenvalue weighted by Crippen LogP contribution is -2.45. The van der Waals surface area contributed by atoms with E-state index < -0.39 is 6.10 Å². The maximum atomic E-state index is 13.1. The summed E-state index contributed by atoms with van der Waals surface area (Å²) in [5.74, 6) is 1.55. The summed E-state index contributed by atoms with van der Waals surface area (Å²) in [6, 6.07) is 24.9. The Kier molecular flexibility index (Phi) is 6.14. The maximum absolute atomic E-state index is 13.1. The predicted molar refractivity (Wildman–Crippen MR) is 118 cm³/mol. The van der Waals surface area contributed by atoms with E-state index in [0.717, 1.165) is 43.5 Å². The van der Waals surface area contributed by atoms with Crippen LogP contribution in [0.5, 0.6) is 5.75 Å². The van der Waals surface area contributed by atoms with Crippen LogP contribution in [-0.2, 0) is 11.2 Å². The van der Waals surface area contributed by atoms with Gasteiger partial charge >= 0.3 is 0 Å². The van der Waals surface area contributed by atoms with Crippen LogP contribution in [0.1, 0.15) is 31.7 Å². The molecule has 1 saturated heterocycles. The average Bonchev–Trinajstić information content (AvgIpc) is 2.78. The van der Waals surface area contributed by atoms with Crippen LogP contribution in [0.25, 0.3) is 10.8 Å². The number of ether oxygens (including phenoxy) is 1. The fourth-order valence-electron chi connectivity index (χ4n) is 4.22. The first-order valence-electron chi connectivity index (χ1n) is 10.7. The van der Waals surface area contributed by atoms with Gasteiger partial charge in [-0.25, -0.2) is 0 Å². The summed E-state index contributed by atoms with van der Waals surface area (Å²) in [5, 5.41) is 2.31. The highest BCUT2D eigenvalue weighted by atomic mass is 16.5. The van der Waals surface area contributed by atoms with E-state index in [0.29, 0.717) is 12.3 Å². The van der Waals surface area contributed by atoms with Crippen LogP contribution in [0.4, 0.5) is 0 Å². The largest absolute Gasteiger partial charge is 0.481 e. The van der Waals surface area contributed by atoms with E-state index in [1.807, 2.05) is 36.1 Å². The number of nitrogens with zero attached hydrogens (tertiary/aromatic N) is 1. The predicted octanol–water partition coefficient (Wildman–Crippen LogP) is 5.48. The minimum atomic E-state index is -0.415. The third kappa shape index (κ3) is 4.79. The number of likely N-dealkylation sites (tertiary alicyclic amines) is 1. The van der Waals surface area contributed by atoms with Gasteiger partial charge in [0.05, 0.1) is 0 Å². The summed E-state index contributed by atoms with van der Waals surface area (Å²) < 4.78 is 6.12. The SMILES string of the molecule is CCC(Oc1ccc2ccccc2c1)C(=O)N1CCC(Cc2ccccc2)CC1. The third-order valence-corrected chi connectivity index (χ3v) is 5.94. The molecule has 0 aliphatic carbocycles. The van der Waals surface area contributed by atoms with Crippen molar-refractivity contribution in [3.8, 4) is 5.75 Å². The van der Waals surface area contributed by atoms with Gasteiger partial charge in [0.2, 0.25) is 0 Å². The highest BCUT2D eigenvalue weighted by molar-refractivity contribution is 5.84. The molecule has 29 heavy (non-hydrogen) atoms. The zero-order valence-corrected chi connectivity index (χ0v) is 17.1. The van der Waals surface area contributed by atoms with Gasteiger partial charge in [-0.2, -0.15) is 0 Å². The van der Waals surface area contributed by atoms with E-state index in [2.05, 4.69) is 48.5 Å². The van der Waals surface area contributed by atoms with Crippen LogP contribution >= 0.6 is 0 Å². The Labute approximate surface area is 173 Å². The van der Waals surface area contributed by atoms with Crippen molar-refractivity contribution in [2.75, 3.05) is 13.1 Å². The summed E-state index contributed by atoms with van der Waals surface area (Å²) >= 11 is 0. The molecule has 3 heteroatoms. The average molecular weight is 388 g/mol. The Hall–Kier alpha value is -2.81. The molecule has 1 amide bonds. The van der Waals surface area contributed by atoms with Gasteiger partial charge in [-0.1, -0.05) is 67.6 Å². The van der Waals surface area contributed by atoms with Crippen LogP contribution in [0.15, 0.2) is 72.8 Å². The monoisotopic (exact) mass is 387 g/mol. The molecule has 4 rings (SSSR count). The van der Waals surface area contributed by atoms with Crippen molar-refractivity contribution in [3.05, 3.63) is 78.4 Å². The Balaban J connectivity index is 1.35. The van der Waals surface area contributed by atoms with Crippen molar-refractivity contribution >= 4 is 16.7 Å². The van der Waals surface area contributed by atoms with Gasteiger partial charge in [0.1, 0.15) is 5.75 Å². The molecule has 0 aromatic heterocycles. The first kappa shape index (κ1) is 19.5. The lowest BCUT2D eigenvalue weighted by molar-refractivity contribution is -0.140. The number of carbonyl (C=O) groups is 1. The van der Waals surface area contributed by atoms with E-state index in [-0.39, 0.29) is 5.91 Å². The van der Waals surface area contributed by atoms with Gasteiger partial charge in [-0.05, 0) is 60.1 Å². The van der Waals surface area contributed by atoms with E-state index in [1.54, 1.807) is 0 Å². The topological polar surface area (TPSA) is 29.5 Å². The molecule has 150 valence electrons. The molecule has 3 nitrogen and oxygen atoms in total. The highest BCUT2D eigenvalue weighted by Gasteiger charge is 2.28. The van der Waals surface area contributed by atoms with Crippen LogP contribution in [-0.4, -0.2) is 30.0 Å². The zero-order valence-electron chi connectivity index (χ0n) is 17.1. The molecule has 1 aliphatic heterocycles. The van der Waals surface area contributed by atoms with Gasteiger partial charge in [-0.3, -0.25) is 4.79 Å². The quantitative estimate of drug-likeness (QED) is 0.561. The van der Waals surface area contributed by atoms with Gasteiger partial charge in [0.25, 0.3) is 5.91 Å². The standard InChI is InChI=1S/C26H29NO2/c1-2-25(29-24-13-12-22-10-6-7-11-23(22)19-24)26(28)27-16-14-21(15-17-27)18-20-8-4-3-5-9-20/h3-13,19,21,25H,2,14-18H2,1H3. The fourth-order valence-corrected chi connectivity index (χ4v) is 4.22. The molecule has 1 aliphatic rings. The zero-order chi connectivity index (χ0) is 20.1. The van der Waals surface area contributed by atoms with Crippen molar-refractivity contribution in [1.82, 2.24) is 4.90 Å². The number of carbonyl (C=O) groups excluding carboxylic acids is 1. The molecular weight excluding hydrogens is 358 g/mol. The van der Waals surface area contributed by atoms with Gasteiger partial charge < -0.3 is 9.64 Å². The van der Waals surface area contributed by atoms with E-state index in [1.165, 1.54) is 10.9 Å². The van der Waals surface area contributed by atoms with Crippen LogP contribution in [0, 0.1) is 5.92 Å². The molecule has 3 aromatic rings. The van der Waals surface area contributed by atoms with Crippen molar-refractivity contribution in [2.24, 2.45) is 5.92 Å². The summed E-state index contributed by atoms with van der Waals surface area (Å²) in [5.41, 5.74) is 1.39. The summed E-state index contributed by atoms with van der Waals surface area (Å²) in [6.07, 6.45) is 3.49.